The first kappa shape index (κ1) is 13.6. The molecular formula is C13H18O4. The van der Waals surface area contributed by atoms with E-state index in [1.165, 1.54) is 0 Å². The first-order valence-electron chi connectivity index (χ1n) is 5.90. The van der Waals surface area contributed by atoms with E-state index in [-0.39, 0.29) is 12.5 Å². The average molecular weight is 238 g/mol. The second-order valence-corrected chi connectivity index (χ2v) is 4.49. The zero-order valence-corrected chi connectivity index (χ0v) is 9.89. The Morgan fingerprint density at radius 2 is 1.82 bits per heavy atom. The molecule has 4 nitrogen and oxygen atoms in total. The van der Waals surface area contributed by atoms with Gasteiger partial charge in [-0.15, -0.1) is 0 Å². The van der Waals surface area contributed by atoms with Crippen molar-refractivity contribution in [3.05, 3.63) is 12.7 Å². The van der Waals surface area contributed by atoms with E-state index in [2.05, 4.69) is 6.58 Å². The molecule has 0 aromatic rings. The average Bonchev–Trinajstić information content (AvgIpc) is 2.41. The molecule has 4 heteroatoms. The number of hydrogen-bond donors (Lipinski definition) is 0. The SMILES string of the molecule is C=CC(=O)OCC(C=O)(C=O)C1CCCCC1. The summed E-state index contributed by atoms with van der Waals surface area (Å²) in [5.41, 5.74) is -1.17. The lowest BCUT2D eigenvalue weighted by Crippen LogP contribution is -2.40. The summed E-state index contributed by atoms with van der Waals surface area (Å²) in [6.45, 7) is 3.10. The van der Waals surface area contributed by atoms with Crippen molar-refractivity contribution >= 4 is 18.5 Å². The van der Waals surface area contributed by atoms with Crippen LogP contribution < -0.4 is 0 Å². The van der Waals surface area contributed by atoms with Gasteiger partial charge < -0.3 is 14.3 Å². The van der Waals surface area contributed by atoms with Crippen LogP contribution in [0.1, 0.15) is 32.1 Å². The fourth-order valence-corrected chi connectivity index (χ4v) is 2.30. The zero-order valence-electron chi connectivity index (χ0n) is 9.89. The summed E-state index contributed by atoms with van der Waals surface area (Å²) in [7, 11) is 0. The van der Waals surface area contributed by atoms with Crippen molar-refractivity contribution in [1.29, 1.82) is 0 Å². The van der Waals surface area contributed by atoms with Crippen LogP contribution in [0.2, 0.25) is 0 Å². The summed E-state index contributed by atoms with van der Waals surface area (Å²) >= 11 is 0. The highest BCUT2D eigenvalue weighted by atomic mass is 16.5. The molecule has 0 saturated heterocycles. The van der Waals surface area contributed by atoms with E-state index in [4.69, 9.17) is 4.74 Å². The van der Waals surface area contributed by atoms with Gasteiger partial charge in [-0.05, 0) is 18.8 Å². The van der Waals surface area contributed by atoms with E-state index in [0.717, 1.165) is 38.2 Å². The fourth-order valence-electron chi connectivity index (χ4n) is 2.30. The van der Waals surface area contributed by atoms with Gasteiger partial charge in [-0.1, -0.05) is 25.8 Å². The van der Waals surface area contributed by atoms with Gasteiger partial charge in [-0.25, -0.2) is 4.79 Å². The lowest BCUT2D eigenvalue weighted by molar-refractivity contribution is -0.147. The van der Waals surface area contributed by atoms with Crippen LogP contribution in [-0.4, -0.2) is 25.1 Å². The molecule has 0 aliphatic heterocycles. The van der Waals surface area contributed by atoms with Gasteiger partial charge in [0.2, 0.25) is 0 Å². The molecule has 0 aromatic carbocycles. The van der Waals surface area contributed by atoms with Crippen molar-refractivity contribution < 1.29 is 19.1 Å². The molecule has 17 heavy (non-hydrogen) atoms. The monoisotopic (exact) mass is 238 g/mol. The second-order valence-electron chi connectivity index (χ2n) is 4.49. The molecule has 0 aromatic heterocycles. The first-order valence-corrected chi connectivity index (χ1v) is 5.90. The zero-order chi connectivity index (χ0) is 12.7. The normalized spacial score (nSPS) is 17.2. The first-order chi connectivity index (χ1) is 8.18. The maximum Gasteiger partial charge on any atom is 0.330 e. The highest BCUT2D eigenvalue weighted by Gasteiger charge is 2.40. The van der Waals surface area contributed by atoms with Crippen molar-refractivity contribution in [2.24, 2.45) is 11.3 Å². The van der Waals surface area contributed by atoms with Crippen molar-refractivity contribution in [2.45, 2.75) is 32.1 Å². The Bertz CT molecular complexity index is 295. The summed E-state index contributed by atoms with van der Waals surface area (Å²) in [6.07, 6.45) is 7.13. The Morgan fingerprint density at radius 3 is 2.29 bits per heavy atom. The van der Waals surface area contributed by atoms with Crippen molar-refractivity contribution in [3.63, 3.8) is 0 Å². The van der Waals surface area contributed by atoms with Crippen LogP contribution in [0, 0.1) is 11.3 Å². The Kier molecular flexibility index (Phi) is 5.07. The number of aldehydes is 2. The summed E-state index contributed by atoms with van der Waals surface area (Å²) < 4.78 is 4.87. The minimum absolute atomic E-state index is 0.0103. The number of esters is 1. The third-order valence-electron chi connectivity index (χ3n) is 3.44. The van der Waals surface area contributed by atoms with Gasteiger partial charge in [0.1, 0.15) is 24.6 Å². The van der Waals surface area contributed by atoms with Gasteiger partial charge in [0.25, 0.3) is 0 Å². The van der Waals surface area contributed by atoms with Gasteiger partial charge in [-0.2, -0.15) is 0 Å². The molecule has 1 aliphatic carbocycles. The van der Waals surface area contributed by atoms with Crippen molar-refractivity contribution in [1.82, 2.24) is 0 Å². The molecule has 0 heterocycles. The number of rotatable bonds is 6. The van der Waals surface area contributed by atoms with Gasteiger partial charge in [0, 0.05) is 6.08 Å². The number of carbonyl (C=O) groups is 3. The molecule has 0 N–H and O–H groups in total. The Balaban J connectivity index is 2.72. The fraction of sp³-hybridized carbons (Fsp3) is 0.615. The van der Waals surface area contributed by atoms with Crippen LogP contribution in [-0.2, 0) is 19.1 Å². The van der Waals surface area contributed by atoms with Gasteiger partial charge in [0.05, 0.1) is 0 Å². The van der Waals surface area contributed by atoms with Crippen LogP contribution in [0.25, 0.3) is 0 Å². The minimum atomic E-state index is -1.17. The molecule has 0 atom stereocenters. The Labute approximate surface area is 101 Å². The predicted molar refractivity (Wildman–Crippen MR) is 62.3 cm³/mol. The second kappa shape index (κ2) is 6.33. The van der Waals surface area contributed by atoms with Crippen LogP contribution in [0.5, 0.6) is 0 Å². The predicted octanol–water partition coefficient (Wildman–Crippen LogP) is 1.68. The topological polar surface area (TPSA) is 60.4 Å². The van der Waals surface area contributed by atoms with Crippen LogP contribution in [0.4, 0.5) is 0 Å². The van der Waals surface area contributed by atoms with Crippen molar-refractivity contribution in [3.8, 4) is 0 Å². The molecule has 0 amide bonds. The number of hydrogen-bond acceptors (Lipinski definition) is 4. The van der Waals surface area contributed by atoms with E-state index >= 15 is 0 Å². The molecule has 94 valence electrons. The highest BCUT2D eigenvalue weighted by Crippen LogP contribution is 2.36. The largest absolute Gasteiger partial charge is 0.461 e. The molecule has 0 bridgehead atoms. The molecule has 1 rings (SSSR count). The van der Waals surface area contributed by atoms with E-state index in [0.29, 0.717) is 12.6 Å². The molecule has 0 radical (unpaired) electrons. The maximum absolute atomic E-state index is 11.2. The summed E-state index contributed by atoms with van der Waals surface area (Å²) in [5, 5.41) is 0. The lowest BCUT2D eigenvalue weighted by atomic mass is 9.71. The van der Waals surface area contributed by atoms with Crippen LogP contribution >= 0.6 is 0 Å². The van der Waals surface area contributed by atoms with E-state index in [1.807, 2.05) is 0 Å². The minimum Gasteiger partial charge on any atom is -0.461 e. The van der Waals surface area contributed by atoms with Gasteiger partial charge in [-0.3, -0.25) is 0 Å². The summed E-state index contributed by atoms with van der Waals surface area (Å²) in [6, 6.07) is 0. The third-order valence-corrected chi connectivity index (χ3v) is 3.44. The molecule has 0 spiro atoms. The molecule has 1 saturated carbocycles. The summed E-state index contributed by atoms with van der Waals surface area (Å²) in [5.74, 6) is -0.613. The third kappa shape index (κ3) is 3.25. The standard InChI is InChI=1S/C13H18O4/c1-2-12(16)17-10-13(8-14,9-15)11-6-4-3-5-7-11/h2,8-9,11H,1,3-7,10H2. The highest BCUT2D eigenvalue weighted by molar-refractivity contribution is 5.86. The Morgan fingerprint density at radius 1 is 1.24 bits per heavy atom. The number of ether oxygens (including phenoxy) is 1. The van der Waals surface area contributed by atoms with E-state index in [1.54, 1.807) is 0 Å². The quantitative estimate of drug-likeness (QED) is 0.306. The van der Waals surface area contributed by atoms with Crippen LogP contribution in [0.3, 0.4) is 0 Å². The van der Waals surface area contributed by atoms with Crippen LogP contribution in [0.15, 0.2) is 12.7 Å². The van der Waals surface area contributed by atoms with E-state index < -0.39 is 11.4 Å². The Hall–Kier alpha value is -1.45. The molecule has 1 aliphatic rings. The smallest absolute Gasteiger partial charge is 0.330 e. The van der Waals surface area contributed by atoms with Crippen molar-refractivity contribution in [2.75, 3.05) is 6.61 Å². The number of carbonyl (C=O) groups excluding carboxylic acids is 3. The van der Waals surface area contributed by atoms with E-state index in [9.17, 15) is 14.4 Å². The molecule has 0 unspecified atom stereocenters. The van der Waals surface area contributed by atoms with Gasteiger partial charge >= 0.3 is 5.97 Å². The molecular weight excluding hydrogens is 220 g/mol. The van der Waals surface area contributed by atoms with Gasteiger partial charge in [0.15, 0.2) is 0 Å². The maximum atomic E-state index is 11.2. The lowest BCUT2D eigenvalue weighted by Gasteiger charge is -2.33. The molecule has 1 fully saturated rings. The summed E-state index contributed by atoms with van der Waals surface area (Å²) in [4.78, 5) is 33.4.